The molecular formula is C22H25N2OS+. The van der Waals surface area contributed by atoms with Crippen LogP contribution in [0.3, 0.4) is 0 Å². The van der Waals surface area contributed by atoms with Gasteiger partial charge < -0.3 is 9.80 Å². The van der Waals surface area contributed by atoms with Gasteiger partial charge in [0.1, 0.15) is 6.54 Å². The van der Waals surface area contributed by atoms with Gasteiger partial charge in [-0.1, -0.05) is 48.5 Å². The molecule has 134 valence electrons. The van der Waals surface area contributed by atoms with E-state index in [1.165, 1.54) is 21.2 Å². The van der Waals surface area contributed by atoms with Crippen LogP contribution in [-0.2, 0) is 17.8 Å². The summed E-state index contributed by atoms with van der Waals surface area (Å²) in [4.78, 5) is 17.4. The number of carbonyl (C=O) groups is 1. The minimum absolute atomic E-state index is 0.308. The van der Waals surface area contributed by atoms with Crippen molar-refractivity contribution in [2.24, 2.45) is 0 Å². The highest BCUT2D eigenvalue weighted by Crippen LogP contribution is 2.17. The van der Waals surface area contributed by atoms with Crippen molar-refractivity contribution in [3.05, 3.63) is 70.4 Å². The van der Waals surface area contributed by atoms with Gasteiger partial charge in [0.15, 0.2) is 0 Å². The van der Waals surface area contributed by atoms with Crippen LogP contribution in [0.1, 0.15) is 16.9 Å². The van der Waals surface area contributed by atoms with Gasteiger partial charge in [-0.05, 0) is 28.6 Å². The van der Waals surface area contributed by atoms with Crippen LogP contribution in [0.25, 0.3) is 10.8 Å². The zero-order valence-corrected chi connectivity index (χ0v) is 15.8. The number of benzene rings is 2. The van der Waals surface area contributed by atoms with Gasteiger partial charge >= 0.3 is 0 Å². The third-order valence-electron chi connectivity index (χ3n) is 5.31. The molecule has 1 fully saturated rings. The second-order valence-corrected chi connectivity index (χ2v) is 8.06. The number of nitrogens with zero attached hydrogens (tertiary/aromatic N) is 1. The van der Waals surface area contributed by atoms with Gasteiger partial charge in [-0.15, -0.1) is 11.3 Å². The maximum atomic E-state index is 12.5. The first-order valence-corrected chi connectivity index (χ1v) is 10.3. The first kappa shape index (κ1) is 17.3. The van der Waals surface area contributed by atoms with E-state index in [4.69, 9.17) is 0 Å². The van der Waals surface area contributed by atoms with Crippen LogP contribution >= 0.6 is 11.3 Å². The molecule has 4 rings (SSSR count). The number of thiophene rings is 1. The summed E-state index contributed by atoms with van der Waals surface area (Å²) in [6, 6.07) is 19.4. The number of piperazine rings is 1. The molecule has 1 amide bonds. The smallest absolute Gasteiger partial charge is 0.223 e. The molecule has 0 spiro atoms. The van der Waals surface area contributed by atoms with E-state index in [0.717, 1.165) is 39.1 Å². The second kappa shape index (κ2) is 8.02. The molecule has 0 bridgehead atoms. The zero-order valence-electron chi connectivity index (χ0n) is 15.0. The van der Waals surface area contributed by atoms with E-state index in [1.807, 2.05) is 0 Å². The molecule has 0 atom stereocenters. The average Bonchev–Trinajstić information content (AvgIpc) is 3.21. The fraction of sp³-hybridized carbons (Fsp3) is 0.318. The Labute approximate surface area is 158 Å². The van der Waals surface area contributed by atoms with E-state index in [9.17, 15) is 4.79 Å². The number of hydrogen-bond donors (Lipinski definition) is 1. The minimum atomic E-state index is 0.308. The number of fused-ring (bicyclic) bond motifs is 1. The summed E-state index contributed by atoms with van der Waals surface area (Å²) in [5.41, 5.74) is 1.41. The number of nitrogens with one attached hydrogen (secondary N) is 1. The molecule has 2 aromatic carbocycles. The largest absolute Gasteiger partial charge is 0.331 e. The summed E-state index contributed by atoms with van der Waals surface area (Å²) < 4.78 is 0. The molecule has 3 nitrogen and oxygen atoms in total. The Hall–Kier alpha value is -2.17. The van der Waals surface area contributed by atoms with E-state index in [1.54, 1.807) is 16.2 Å². The van der Waals surface area contributed by atoms with Crippen LogP contribution in [0.15, 0.2) is 60.0 Å². The summed E-state index contributed by atoms with van der Waals surface area (Å²) in [7, 11) is 0. The number of quaternary nitrogens is 1. The van der Waals surface area contributed by atoms with E-state index < -0.39 is 0 Å². The van der Waals surface area contributed by atoms with Crippen molar-refractivity contribution in [3.8, 4) is 0 Å². The standard InChI is InChI=1S/C22H24N2OS/c25-22(11-10-20-8-4-16-26-20)24-14-12-23(13-15-24)17-19-7-3-6-18-5-1-2-9-21(18)19/h1-9,16H,10-15,17H2/p+1. The fourth-order valence-electron chi connectivity index (χ4n) is 3.81. The Balaban J connectivity index is 1.31. The zero-order chi connectivity index (χ0) is 17.8. The van der Waals surface area contributed by atoms with E-state index in [-0.39, 0.29) is 0 Å². The molecule has 0 saturated carbocycles. The molecule has 2 heterocycles. The Morgan fingerprint density at radius 3 is 2.62 bits per heavy atom. The van der Waals surface area contributed by atoms with Gasteiger partial charge in [0.25, 0.3) is 0 Å². The highest BCUT2D eigenvalue weighted by Gasteiger charge is 2.23. The highest BCUT2D eigenvalue weighted by molar-refractivity contribution is 7.09. The normalized spacial score (nSPS) is 15.5. The SMILES string of the molecule is O=C(CCc1cccs1)N1CC[NH+](Cc2cccc3ccccc23)CC1. The molecule has 4 heteroatoms. The summed E-state index contributed by atoms with van der Waals surface area (Å²) in [5, 5.41) is 4.75. The summed E-state index contributed by atoms with van der Waals surface area (Å²) in [5.74, 6) is 0.308. The lowest BCUT2D eigenvalue weighted by Crippen LogP contribution is -3.13. The van der Waals surface area contributed by atoms with Crippen molar-refractivity contribution >= 4 is 28.0 Å². The van der Waals surface area contributed by atoms with Crippen LogP contribution in [0.4, 0.5) is 0 Å². The fourth-order valence-corrected chi connectivity index (χ4v) is 4.52. The Kier molecular flexibility index (Phi) is 5.32. The number of aryl methyl sites for hydroxylation is 1. The predicted molar refractivity (Wildman–Crippen MR) is 108 cm³/mol. The first-order valence-electron chi connectivity index (χ1n) is 9.40. The molecule has 1 aliphatic rings. The number of carbonyl (C=O) groups excluding carboxylic acids is 1. The van der Waals surface area contributed by atoms with Crippen molar-refractivity contribution in [2.75, 3.05) is 26.2 Å². The monoisotopic (exact) mass is 365 g/mol. The van der Waals surface area contributed by atoms with Crippen molar-refractivity contribution in [2.45, 2.75) is 19.4 Å². The molecule has 1 aliphatic heterocycles. The summed E-state index contributed by atoms with van der Waals surface area (Å²) >= 11 is 1.74. The van der Waals surface area contributed by atoms with Crippen LogP contribution in [0.2, 0.25) is 0 Å². The number of rotatable bonds is 5. The van der Waals surface area contributed by atoms with Gasteiger partial charge in [-0.2, -0.15) is 0 Å². The predicted octanol–water partition coefficient (Wildman–Crippen LogP) is 2.76. The first-order chi connectivity index (χ1) is 12.8. The maximum absolute atomic E-state index is 12.5. The van der Waals surface area contributed by atoms with Crippen molar-refractivity contribution in [1.82, 2.24) is 4.90 Å². The molecule has 0 aliphatic carbocycles. The molecule has 1 saturated heterocycles. The molecule has 1 N–H and O–H groups in total. The van der Waals surface area contributed by atoms with Crippen LogP contribution in [0, 0.1) is 0 Å². The van der Waals surface area contributed by atoms with Crippen LogP contribution in [0.5, 0.6) is 0 Å². The lowest BCUT2D eigenvalue weighted by molar-refractivity contribution is -0.917. The van der Waals surface area contributed by atoms with Gasteiger partial charge in [0.2, 0.25) is 5.91 Å². The van der Waals surface area contributed by atoms with Gasteiger partial charge in [-0.3, -0.25) is 4.79 Å². The number of hydrogen-bond acceptors (Lipinski definition) is 2. The van der Waals surface area contributed by atoms with Crippen LogP contribution in [-0.4, -0.2) is 37.0 Å². The maximum Gasteiger partial charge on any atom is 0.223 e. The van der Waals surface area contributed by atoms with Crippen molar-refractivity contribution in [3.63, 3.8) is 0 Å². The highest BCUT2D eigenvalue weighted by atomic mass is 32.1. The minimum Gasteiger partial charge on any atom is -0.331 e. The van der Waals surface area contributed by atoms with Crippen LogP contribution < -0.4 is 4.90 Å². The average molecular weight is 366 g/mol. The quantitative estimate of drug-likeness (QED) is 0.739. The van der Waals surface area contributed by atoms with Gasteiger partial charge in [0, 0.05) is 16.9 Å². The van der Waals surface area contributed by atoms with Gasteiger partial charge in [0.05, 0.1) is 26.2 Å². The van der Waals surface area contributed by atoms with E-state index >= 15 is 0 Å². The molecular weight excluding hydrogens is 340 g/mol. The Morgan fingerprint density at radius 1 is 1.00 bits per heavy atom. The lowest BCUT2D eigenvalue weighted by atomic mass is 10.0. The molecule has 0 unspecified atom stereocenters. The molecule has 0 radical (unpaired) electrons. The topological polar surface area (TPSA) is 24.8 Å². The Bertz CT molecular complexity index is 861. The second-order valence-electron chi connectivity index (χ2n) is 7.03. The molecule has 3 aromatic rings. The third-order valence-corrected chi connectivity index (χ3v) is 6.25. The molecule has 1 aromatic heterocycles. The Morgan fingerprint density at radius 2 is 1.81 bits per heavy atom. The van der Waals surface area contributed by atoms with Crippen molar-refractivity contribution < 1.29 is 9.69 Å². The van der Waals surface area contributed by atoms with E-state index in [0.29, 0.717) is 12.3 Å². The third kappa shape index (κ3) is 3.97. The van der Waals surface area contributed by atoms with Crippen molar-refractivity contribution in [1.29, 1.82) is 0 Å². The lowest BCUT2D eigenvalue weighted by Gasteiger charge is -2.32. The number of amides is 1. The summed E-state index contributed by atoms with van der Waals surface area (Å²) in [6.07, 6.45) is 1.51. The molecule has 26 heavy (non-hydrogen) atoms. The van der Waals surface area contributed by atoms with E-state index in [2.05, 4.69) is 64.9 Å². The van der Waals surface area contributed by atoms with Gasteiger partial charge in [-0.25, -0.2) is 0 Å². The summed E-state index contributed by atoms with van der Waals surface area (Å²) in [6.45, 7) is 4.87.